The van der Waals surface area contributed by atoms with Crippen molar-refractivity contribution in [3.8, 4) is 5.13 Å². The quantitative estimate of drug-likeness (QED) is 0.884. The van der Waals surface area contributed by atoms with Gasteiger partial charge < -0.3 is 5.73 Å². The molecule has 0 bridgehead atoms. The molecule has 0 fully saturated rings. The number of nitrogens with zero attached hydrogens (tertiary/aromatic N) is 4. The summed E-state index contributed by atoms with van der Waals surface area (Å²) in [6.45, 7) is 5.95. The Morgan fingerprint density at radius 3 is 2.69 bits per heavy atom. The molecule has 2 aromatic rings. The smallest absolute Gasteiger partial charge is 0.230 e. The summed E-state index contributed by atoms with van der Waals surface area (Å²) in [7, 11) is 0. The van der Waals surface area contributed by atoms with E-state index in [1.807, 2.05) is 13.8 Å². The maximum Gasteiger partial charge on any atom is 0.230 e. The first kappa shape index (κ1) is 11.1. The molecular formula is C10H15N5S. The van der Waals surface area contributed by atoms with Crippen molar-refractivity contribution in [1.29, 1.82) is 0 Å². The topological polar surface area (TPSA) is 69.6 Å². The van der Waals surface area contributed by atoms with Crippen LogP contribution in [0.25, 0.3) is 5.13 Å². The third kappa shape index (κ3) is 1.80. The van der Waals surface area contributed by atoms with Crippen LogP contribution in [0, 0.1) is 13.8 Å². The zero-order valence-electron chi connectivity index (χ0n) is 9.69. The predicted molar refractivity (Wildman–Crippen MR) is 64.9 cm³/mol. The highest BCUT2D eigenvalue weighted by atomic mass is 32.1. The Balaban J connectivity index is 2.38. The molecule has 0 atom stereocenters. The van der Waals surface area contributed by atoms with E-state index in [-0.39, 0.29) is 0 Å². The van der Waals surface area contributed by atoms with E-state index in [0.29, 0.717) is 0 Å². The molecule has 0 saturated heterocycles. The van der Waals surface area contributed by atoms with Gasteiger partial charge in [0, 0.05) is 18.0 Å². The fourth-order valence-corrected chi connectivity index (χ4v) is 2.22. The van der Waals surface area contributed by atoms with Crippen LogP contribution in [-0.4, -0.2) is 19.1 Å². The molecular weight excluding hydrogens is 222 g/mol. The highest BCUT2D eigenvalue weighted by Crippen LogP contribution is 2.20. The van der Waals surface area contributed by atoms with E-state index >= 15 is 0 Å². The van der Waals surface area contributed by atoms with E-state index in [2.05, 4.69) is 21.4 Å². The number of hydrogen-bond acceptors (Lipinski definition) is 5. The van der Waals surface area contributed by atoms with Gasteiger partial charge in [-0.25, -0.2) is 9.67 Å². The van der Waals surface area contributed by atoms with Crippen molar-refractivity contribution >= 4 is 17.2 Å². The van der Waals surface area contributed by atoms with Crippen LogP contribution < -0.4 is 5.73 Å². The zero-order chi connectivity index (χ0) is 11.7. The van der Waals surface area contributed by atoms with Crippen molar-refractivity contribution in [1.82, 2.24) is 19.1 Å². The summed E-state index contributed by atoms with van der Waals surface area (Å²) in [6.07, 6.45) is 1.96. The number of hydrogen-bond donors (Lipinski definition) is 1. The first-order chi connectivity index (χ1) is 7.63. The lowest BCUT2D eigenvalue weighted by atomic mass is 10.3. The highest BCUT2D eigenvalue weighted by Gasteiger charge is 2.13. The number of aromatic nitrogens is 4. The van der Waals surface area contributed by atoms with Gasteiger partial charge >= 0.3 is 0 Å². The van der Waals surface area contributed by atoms with Crippen LogP contribution >= 0.6 is 11.5 Å². The fraction of sp³-hybridized carbons (Fsp3) is 0.500. The van der Waals surface area contributed by atoms with E-state index in [9.17, 15) is 0 Å². The van der Waals surface area contributed by atoms with Crippen molar-refractivity contribution in [3.05, 3.63) is 17.2 Å². The molecule has 0 aliphatic carbocycles. The number of rotatable bonds is 3. The van der Waals surface area contributed by atoms with E-state index in [1.54, 1.807) is 4.68 Å². The molecule has 0 aliphatic heterocycles. The lowest BCUT2D eigenvalue weighted by molar-refractivity contribution is 0.802. The minimum atomic E-state index is 0.729. The Kier molecular flexibility index (Phi) is 2.91. The SMILES string of the molecule is CCCc1nsc(-n2nc(C)c(N)c2C)n1. The van der Waals surface area contributed by atoms with Crippen molar-refractivity contribution < 1.29 is 0 Å². The number of nitrogen functional groups attached to an aromatic ring is 1. The molecule has 5 nitrogen and oxygen atoms in total. The van der Waals surface area contributed by atoms with Crippen molar-refractivity contribution in [2.45, 2.75) is 33.6 Å². The van der Waals surface area contributed by atoms with E-state index in [0.717, 1.165) is 40.9 Å². The van der Waals surface area contributed by atoms with Gasteiger partial charge in [-0.15, -0.1) is 0 Å². The van der Waals surface area contributed by atoms with Crippen LogP contribution in [0.15, 0.2) is 0 Å². The van der Waals surface area contributed by atoms with Crippen molar-refractivity contribution in [2.75, 3.05) is 5.73 Å². The molecule has 0 radical (unpaired) electrons. The van der Waals surface area contributed by atoms with Crippen LogP contribution in [-0.2, 0) is 6.42 Å². The minimum absolute atomic E-state index is 0.729. The molecule has 0 saturated carbocycles. The summed E-state index contributed by atoms with van der Waals surface area (Å²) in [5, 5.41) is 5.15. The van der Waals surface area contributed by atoms with Gasteiger partial charge in [0.15, 0.2) is 0 Å². The molecule has 0 aliphatic rings. The van der Waals surface area contributed by atoms with E-state index < -0.39 is 0 Å². The molecule has 2 aromatic heterocycles. The van der Waals surface area contributed by atoms with Gasteiger partial charge in [0.25, 0.3) is 0 Å². The van der Waals surface area contributed by atoms with Gasteiger partial charge in [0.2, 0.25) is 5.13 Å². The van der Waals surface area contributed by atoms with E-state index in [1.165, 1.54) is 11.5 Å². The van der Waals surface area contributed by atoms with Crippen LogP contribution in [0.2, 0.25) is 0 Å². The van der Waals surface area contributed by atoms with Crippen LogP contribution in [0.3, 0.4) is 0 Å². The maximum absolute atomic E-state index is 5.88. The molecule has 0 unspecified atom stereocenters. The molecule has 2 rings (SSSR count). The summed E-state index contributed by atoms with van der Waals surface area (Å²) in [5.74, 6) is 0.883. The Morgan fingerprint density at radius 2 is 2.12 bits per heavy atom. The Bertz CT molecular complexity index is 499. The van der Waals surface area contributed by atoms with E-state index in [4.69, 9.17) is 5.73 Å². The Morgan fingerprint density at radius 1 is 1.38 bits per heavy atom. The summed E-state index contributed by atoms with van der Waals surface area (Å²) < 4.78 is 6.06. The van der Waals surface area contributed by atoms with Crippen LogP contribution in [0.4, 0.5) is 5.69 Å². The Hall–Kier alpha value is -1.43. The highest BCUT2D eigenvalue weighted by molar-refractivity contribution is 7.08. The largest absolute Gasteiger partial charge is 0.396 e. The second kappa shape index (κ2) is 4.21. The van der Waals surface area contributed by atoms with Gasteiger partial charge in [0.05, 0.1) is 17.1 Å². The van der Waals surface area contributed by atoms with Crippen molar-refractivity contribution in [2.24, 2.45) is 0 Å². The predicted octanol–water partition coefficient (Wildman–Crippen LogP) is 1.88. The van der Waals surface area contributed by atoms with Gasteiger partial charge in [0.1, 0.15) is 5.82 Å². The van der Waals surface area contributed by atoms with Crippen LogP contribution in [0.5, 0.6) is 0 Å². The molecule has 16 heavy (non-hydrogen) atoms. The van der Waals surface area contributed by atoms with Gasteiger partial charge in [-0.3, -0.25) is 0 Å². The summed E-state index contributed by atoms with van der Waals surface area (Å²) >= 11 is 1.36. The summed E-state index contributed by atoms with van der Waals surface area (Å²) in [5.41, 5.74) is 8.37. The maximum atomic E-state index is 5.88. The molecule has 0 spiro atoms. The van der Waals surface area contributed by atoms with Crippen molar-refractivity contribution in [3.63, 3.8) is 0 Å². The van der Waals surface area contributed by atoms with Gasteiger partial charge in [-0.05, 0) is 20.3 Å². The van der Waals surface area contributed by atoms with Gasteiger partial charge in [-0.1, -0.05) is 6.92 Å². The lowest BCUT2D eigenvalue weighted by Crippen LogP contribution is -1.99. The second-order valence-electron chi connectivity index (χ2n) is 3.74. The third-order valence-electron chi connectivity index (χ3n) is 2.46. The standard InChI is InChI=1S/C10H15N5S/c1-4-5-8-12-10(16-14-8)15-7(3)9(11)6(2)13-15/h4-5,11H2,1-3H3. The molecule has 0 amide bonds. The normalized spacial score (nSPS) is 10.9. The molecule has 6 heteroatoms. The molecule has 0 aromatic carbocycles. The van der Waals surface area contributed by atoms with Gasteiger partial charge in [-0.2, -0.15) is 9.47 Å². The number of aryl methyl sites for hydroxylation is 2. The average molecular weight is 237 g/mol. The average Bonchev–Trinajstić information content (AvgIpc) is 2.80. The zero-order valence-corrected chi connectivity index (χ0v) is 10.5. The number of nitrogens with two attached hydrogens (primary N) is 1. The number of anilines is 1. The monoisotopic (exact) mass is 237 g/mol. The fourth-order valence-electron chi connectivity index (χ4n) is 1.50. The third-order valence-corrected chi connectivity index (χ3v) is 3.19. The molecule has 2 N–H and O–H groups in total. The first-order valence-electron chi connectivity index (χ1n) is 5.28. The molecule has 2 heterocycles. The van der Waals surface area contributed by atoms with Crippen LogP contribution in [0.1, 0.15) is 30.6 Å². The summed E-state index contributed by atoms with van der Waals surface area (Å²) in [4.78, 5) is 4.44. The minimum Gasteiger partial charge on any atom is -0.396 e. The lowest BCUT2D eigenvalue weighted by Gasteiger charge is -1.97. The Labute approximate surface area is 98.5 Å². The summed E-state index contributed by atoms with van der Waals surface area (Å²) in [6, 6.07) is 0. The molecule has 86 valence electrons. The first-order valence-corrected chi connectivity index (χ1v) is 6.05. The second-order valence-corrected chi connectivity index (χ2v) is 4.47.